The van der Waals surface area contributed by atoms with Crippen molar-refractivity contribution in [1.82, 2.24) is 14.9 Å². The summed E-state index contributed by atoms with van der Waals surface area (Å²) in [5.41, 5.74) is 1.99. The first-order valence-corrected chi connectivity index (χ1v) is 8.58. The Bertz CT molecular complexity index is 789. The number of piperidine rings is 1. The van der Waals surface area contributed by atoms with Crippen molar-refractivity contribution in [2.75, 3.05) is 6.54 Å². The number of imidazole rings is 1. The van der Waals surface area contributed by atoms with Crippen molar-refractivity contribution < 1.29 is 9.21 Å². The average Bonchev–Trinajstić information content (AvgIpc) is 3.29. The molecule has 0 saturated carbocycles. The number of likely N-dealkylation sites (tertiary alicyclic amines) is 1. The second-order valence-corrected chi connectivity index (χ2v) is 6.32. The average molecular weight is 323 g/mol. The van der Waals surface area contributed by atoms with Gasteiger partial charge in [0, 0.05) is 19.4 Å². The van der Waals surface area contributed by atoms with E-state index in [9.17, 15) is 4.79 Å². The number of aryl methyl sites for hydroxylation is 1. The van der Waals surface area contributed by atoms with Gasteiger partial charge in [0.05, 0.1) is 23.3 Å². The Morgan fingerprint density at radius 3 is 3.00 bits per heavy atom. The zero-order valence-electron chi connectivity index (χ0n) is 13.6. The van der Waals surface area contributed by atoms with Crippen molar-refractivity contribution in [2.45, 2.75) is 38.1 Å². The van der Waals surface area contributed by atoms with Crippen LogP contribution in [0, 0.1) is 0 Å². The van der Waals surface area contributed by atoms with Crippen LogP contribution in [0.2, 0.25) is 0 Å². The number of furan rings is 1. The summed E-state index contributed by atoms with van der Waals surface area (Å²) in [7, 11) is 0. The maximum atomic E-state index is 12.7. The smallest absolute Gasteiger partial charge is 0.223 e. The Morgan fingerprint density at radius 1 is 1.25 bits per heavy atom. The largest absolute Gasteiger partial charge is 0.469 e. The van der Waals surface area contributed by atoms with Crippen LogP contribution in [0.25, 0.3) is 11.0 Å². The monoisotopic (exact) mass is 323 g/mol. The summed E-state index contributed by atoms with van der Waals surface area (Å²) in [6, 6.07) is 11.8. The van der Waals surface area contributed by atoms with Gasteiger partial charge in [-0.3, -0.25) is 4.79 Å². The van der Waals surface area contributed by atoms with Crippen molar-refractivity contribution in [1.29, 1.82) is 0 Å². The van der Waals surface area contributed by atoms with Crippen LogP contribution in [0.3, 0.4) is 0 Å². The zero-order chi connectivity index (χ0) is 16.4. The molecule has 1 fully saturated rings. The molecule has 0 bridgehead atoms. The van der Waals surface area contributed by atoms with Crippen molar-refractivity contribution in [3.8, 4) is 0 Å². The third-order valence-electron chi connectivity index (χ3n) is 4.71. The van der Waals surface area contributed by atoms with Gasteiger partial charge in [-0.2, -0.15) is 0 Å². The predicted octanol–water partition coefficient (Wildman–Crippen LogP) is 3.84. The first kappa shape index (κ1) is 15.0. The maximum absolute atomic E-state index is 12.7. The van der Waals surface area contributed by atoms with Gasteiger partial charge < -0.3 is 14.3 Å². The van der Waals surface area contributed by atoms with Gasteiger partial charge >= 0.3 is 0 Å². The van der Waals surface area contributed by atoms with Crippen LogP contribution >= 0.6 is 0 Å². The molecule has 1 aromatic carbocycles. The number of H-pyrrole nitrogens is 1. The molecular weight excluding hydrogens is 302 g/mol. The standard InChI is InChI=1S/C19H21N3O2/c23-18(11-10-14-6-5-13-24-14)22-12-4-3-9-17(22)19-20-15-7-1-2-8-16(15)21-19/h1-2,5-8,13,17H,3-4,9-12H2,(H,20,21)/t17-/m1/s1. The van der Waals surface area contributed by atoms with E-state index >= 15 is 0 Å². The number of carbonyl (C=O) groups excluding carboxylic acids is 1. The molecule has 0 radical (unpaired) electrons. The highest BCUT2D eigenvalue weighted by Gasteiger charge is 2.29. The van der Waals surface area contributed by atoms with E-state index in [2.05, 4.69) is 4.98 Å². The summed E-state index contributed by atoms with van der Waals surface area (Å²) in [4.78, 5) is 22.8. The van der Waals surface area contributed by atoms with Crippen LogP contribution in [0.1, 0.15) is 43.3 Å². The molecule has 1 saturated heterocycles. The van der Waals surface area contributed by atoms with E-state index in [-0.39, 0.29) is 11.9 Å². The Morgan fingerprint density at radius 2 is 2.17 bits per heavy atom. The third-order valence-corrected chi connectivity index (χ3v) is 4.71. The highest BCUT2D eigenvalue weighted by molar-refractivity contribution is 5.78. The van der Waals surface area contributed by atoms with Gasteiger partial charge in [0.2, 0.25) is 5.91 Å². The summed E-state index contributed by atoms with van der Waals surface area (Å²) >= 11 is 0. The minimum Gasteiger partial charge on any atom is -0.469 e. The van der Waals surface area contributed by atoms with Crippen LogP contribution in [0.15, 0.2) is 47.1 Å². The second kappa shape index (κ2) is 6.51. The van der Waals surface area contributed by atoms with Crippen molar-refractivity contribution in [3.05, 3.63) is 54.2 Å². The second-order valence-electron chi connectivity index (χ2n) is 6.32. The number of fused-ring (bicyclic) bond motifs is 1. The molecule has 1 amide bonds. The van der Waals surface area contributed by atoms with Crippen LogP contribution in [-0.2, 0) is 11.2 Å². The molecule has 24 heavy (non-hydrogen) atoms. The predicted molar refractivity (Wildman–Crippen MR) is 91.4 cm³/mol. The summed E-state index contributed by atoms with van der Waals surface area (Å²) in [5, 5.41) is 0. The molecule has 3 aromatic rings. The number of hydrogen-bond donors (Lipinski definition) is 1. The molecule has 1 atom stereocenters. The topological polar surface area (TPSA) is 62.1 Å². The van der Waals surface area contributed by atoms with Gasteiger partial charge in [0.15, 0.2) is 0 Å². The van der Waals surface area contributed by atoms with Gasteiger partial charge in [-0.05, 0) is 43.5 Å². The molecular formula is C19H21N3O2. The molecule has 5 nitrogen and oxygen atoms in total. The Labute approximate surface area is 140 Å². The number of amides is 1. The first-order valence-electron chi connectivity index (χ1n) is 8.58. The minimum absolute atomic E-state index is 0.0512. The van der Waals surface area contributed by atoms with Gasteiger partial charge in [0.1, 0.15) is 11.6 Å². The van der Waals surface area contributed by atoms with E-state index in [0.717, 1.165) is 48.4 Å². The SMILES string of the molecule is O=C(CCc1ccco1)N1CCCC[C@@H]1c1nc2ccccc2[nH]1. The van der Waals surface area contributed by atoms with Crippen LogP contribution in [-0.4, -0.2) is 27.3 Å². The minimum atomic E-state index is 0.0512. The Kier molecular flexibility index (Phi) is 4.07. The number of rotatable bonds is 4. The number of nitrogens with one attached hydrogen (secondary N) is 1. The summed E-state index contributed by atoms with van der Waals surface area (Å²) in [6.45, 7) is 0.804. The number of para-hydroxylation sites is 2. The van der Waals surface area contributed by atoms with Crippen molar-refractivity contribution in [3.63, 3.8) is 0 Å². The van der Waals surface area contributed by atoms with Crippen LogP contribution in [0.4, 0.5) is 0 Å². The van der Waals surface area contributed by atoms with E-state index in [0.29, 0.717) is 12.8 Å². The maximum Gasteiger partial charge on any atom is 0.223 e. The van der Waals surface area contributed by atoms with E-state index in [1.807, 2.05) is 41.3 Å². The van der Waals surface area contributed by atoms with E-state index in [1.54, 1.807) is 6.26 Å². The van der Waals surface area contributed by atoms with Crippen molar-refractivity contribution in [2.24, 2.45) is 0 Å². The molecule has 1 aliphatic heterocycles. The molecule has 0 unspecified atom stereocenters. The molecule has 124 valence electrons. The van der Waals surface area contributed by atoms with Gasteiger partial charge in [-0.25, -0.2) is 4.98 Å². The Hall–Kier alpha value is -2.56. The zero-order valence-corrected chi connectivity index (χ0v) is 13.6. The van der Waals surface area contributed by atoms with Gasteiger partial charge in [-0.15, -0.1) is 0 Å². The molecule has 4 rings (SSSR count). The Balaban J connectivity index is 1.52. The fourth-order valence-corrected chi connectivity index (χ4v) is 3.47. The lowest BCUT2D eigenvalue weighted by Gasteiger charge is -2.34. The molecule has 0 aliphatic carbocycles. The third kappa shape index (κ3) is 2.94. The molecule has 5 heteroatoms. The van der Waals surface area contributed by atoms with E-state index in [1.165, 1.54) is 0 Å². The normalized spacial score (nSPS) is 18.2. The molecule has 3 heterocycles. The number of nitrogens with zero attached hydrogens (tertiary/aromatic N) is 2. The van der Waals surface area contributed by atoms with Gasteiger partial charge in [0.25, 0.3) is 0 Å². The lowest BCUT2D eigenvalue weighted by molar-refractivity contribution is -0.135. The molecule has 0 spiro atoms. The highest BCUT2D eigenvalue weighted by Crippen LogP contribution is 2.31. The van der Waals surface area contributed by atoms with Crippen LogP contribution in [0.5, 0.6) is 0 Å². The summed E-state index contributed by atoms with van der Waals surface area (Å²) in [6.07, 6.45) is 5.93. The fourth-order valence-electron chi connectivity index (χ4n) is 3.47. The fraction of sp³-hybridized carbons (Fsp3) is 0.368. The quantitative estimate of drug-likeness (QED) is 0.793. The number of benzene rings is 1. The number of aromatic amines is 1. The molecule has 1 N–H and O–H groups in total. The number of aromatic nitrogens is 2. The van der Waals surface area contributed by atoms with E-state index in [4.69, 9.17) is 9.40 Å². The van der Waals surface area contributed by atoms with E-state index < -0.39 is 0 Å². The lowest BCUT2D eigenvalue weighted by Crippen LogP contribution is -2.39. The highest BCUT2D eigenvalue weighted by atomic mass is 16.3. The van der Waals surface area contributed by atoms with Crippen molar-refractivity contribution >= 4 is 16.9 Å². The lowest BCUT2D eigenvalue weighted by atomic mass is 10.0. The summed E-state index contributed by atoms with van der Waals surface area (Å²) in [5.74, 6) is 1.94. The first-order chi connectivity index (χ1) is 11.8. The molecule has 2 aromatic heterocycles. The number of hydrogen-bond acceptors (Lipinski definition) is 3. The molecule has 1 aliphatic rings. The number of carbonyl (C=O) groups is 1. The summed E-state index contributed by atoms with van der Waals surface area (Å²) < 4.78 is 5.33. The van der Waals surface area contributed by atoms with Crippen LogP contribution < -0.4 is 0 Å². The van der Waals surface area contributed by atoms with Gasteiger partial charge in [-0.1, -0.05) is 12.1 Å².